The zero-order valence-electron chi connectivity index (χ0n) is 14.5. The summed E-state index contributed by atoms with van der Waals surface area (Å²) >= 11 is 0. The van der Waals surface area contributed by atoms with Gasteiger partial charge in [0, 0.05) is 31.4 Å². The van der Waals surface area contributed by atoms with Crippen molar-refractivity contribution in [3.63, 3.8) is 0 Å². The van der Waals surface area contributed by atoms with Crippen molar-refractivity contribution >= 4 is 0 Å². The Labute approximate surface area is 148 Å². The fourth-order valence-electron chi connectivity index (χ4n) is 3.35. The molecule has 0 saturated carbocycles. The van der Waals surface area contributed by atoms with Crippen LogP contribution in [0.25, 0.3) is 0 Å². The van der Waals surface area contributed by atoms with Gasteiger partial charge in [0.2, 0.25) is 0 Å². The SMILES string of the molecule is Cn1cc(C2CCCN2CC(O)COc2ccc(CC#N)cc2)cn1. The van der Waals surface area contributed by atoms with Crippen LogP contribution in [0.3, 0.4) is 0 Å². The maximum absolute atomic E-state index is 10.3. The van der Waals surface area contributed by atoms with Gasteiger partial charge >= 0.3 is 0 Å². The first-order valence-electron chi connectivity index (χ1n) is 8.65. The zero-order valence-corrected chi connectivity index (χ0v) is 14.5. The minimum absolute atomic E-state index is 0.258. The van der Waals surface area contributed by atoms with E-state index in [1.165, 1.54) is 5.56 Å². The van der Waals surface area contributed by atoms with Gasteiger partial charge in [-0.05, 0) is 37.1 Å². The van der Waals surface area contributed by atoms with Gasteiger partial charge in [-0.2, -0.15) is 10.4 Å². The number of hydrogen-bond donors (Lipinski definition) is 1. The topological polar surface area (TPSA) is 74.3 Å². The lowest BCUT2D eigenvalue weighted by atomic mass is 10.1. The summed E-state index contributed by atoms with van der Waals surface area (Å²) in [5.41, 5.74) is 2.17. The van der Waals surface area contributed by atoms with Crippen molar-refractivity contribution in [3.05, 3.63) is 47.8 Å². The summed E-state index contributed by atoms with van der Waals surface area (Å²) < 4.78 is 7.50. The fraction of sp³-hybridized carbons (Fsp3) is 0.474. The van der Waals surface area contributed by atoms with Gasteiger partial charge in [0.05, 0.1) is 18.7 Å². The van der Waals surface area contributed by atoms with Crippen molar-refractivity contribution in [2.24, 2.45) is 7.05 Å². The van der Waals surface area contributed by atoms with Crippen LogP contribution in [0.1, 0.15) is 30.0 Å². The van der Waals surface area contributed by atoms with Crippen LogP contribution in [0.15, 0.2) is 36.7 Å². The van der Waals surface area contributed by atoms with Crippen molar-refractivity contribution in [2.75, 3.05) is 19.7 Å². The van der Waals surface area contributed by atoms with Gasteiger partial charge in [0.15, 0.2) is 0 Å². The molecule has 1 fully saturated rings. The van der Waals surface area contributed by atoms with Gasteiger partial charge in [0.25, 0.3) is 0 Å². The number of hydrogen-bond acceptors (Lipinski definition) is 5. The number of aryl methyl sites for hydroxylation is 1. The van der Waals surface area contributed by atoms with Gasteiger partial charge in [-0.15, -0.1) is 0 Å². The molecular formula is C19H24N4O2. The number of aromatic nitrogens is 2. The summed E-state index contributed by atoms with van der Waals surface area (Å²) in [5.74, 6) is 0.714. The first-order chi connectivity index (χ1) is 12.2. The Hall–Kier alpha value is -2.36. The predicted octanol–water partition coefficient (Wildman–Crippen LogP) is 2.06. The number of β-amino-alcohol motifs (C(OH)–C–C–N with tert-alkyl or cyclic N) is 1. The van der Waals surface area contributed by atoms with Gasteiger partial charge in [-0.3, -0.25) is 9.58 Å². The molecule has 0 aliphatic carbocycles. The molecule has 0 bridgehead atoms. The second kappa shape index (κ2) is 8.15. The van der Waals surface area contributed by atoms with E-state index in [1.54, 1.807) is 0 Å². The Balaban J connectivity index is 1.50. The molecule has 0 spiro atoms. The van der Waals surface area contributed by atoms with E-state index in [1.807, 2.05) is 42.2 Å². The highest BCUT2D eigenvalue weighted by molar-refractivity contribution is 5.28. The van der Waals surface area contributed by atoms with Crippen LogP contribution in [-0.2, 0) is 13.5 Å². The molecule has 0 amide bonds. The normalized spacial score (nSPS) is 18.8. The fourth-order valence-corrected chi connectivity index (χ4v) is 3.35. The highest BCUT2D eigenvalue weighted by Gasteiger charge is 2.28. The van der Waals surface area contributed by atoms with E-state index in [4.69, 9.17) is 10.00 Å². The maximum atomic E-state index is 10.3. The van der Waals surface area contributed by atoms with E-state index < -0.39 is 6.10 Å². The first kappa shape index (κ1) is 17.5. The molecule has 1 aliphatic heterocycles. The summed E-state index contributed by atoms with van der Waals surface area (Å²) in [6, 6.07) is 9.89. The lowest BCUT2D eigenvalue weighted by Gasteiger charge is -2.26. The Morgan fingerprint density at radius 1 is 1.40 bits per heavy atom. The van der Waals surface area contributed by atoms with Crippen molar-refractivity contribution in [1.29, 1.82) is 5.26 Å². The average molecular weight is 340 g/mol. The Morgan fingerprint density at radius 2 is 2.20 bits per heavy atom. The van der Waals surface area contributed by atoms with E-state index in [0.717, 1.165) is 24.9 Å². The minimum atomic E-state index is -0.545. The maximum Gasteiger partial charge on any atom is 0.119 e. The summed E-state index contributed by atoms with van der Waals surface area (Å²) in [7, 11) is 1.92. The van der Waals surface area contributed by atoms with Gasteiger partial charge < -0.3 is 9.84 Å². The highest BCUT2D eigenvalue weighted by Crippen LogP contribution is 2.31. The highest BCUT2D eigenvalue weighted by atomic mass is 16.5. The predicted molar refractivity (Wildman–Crippen MR) is 94.0 cm³/mol. The number of likely N-dealkylation sites (tertiary alicyclic amines) is 1. The van der Waals surface area contributed by atoms with Crippen molar-refractivity contribution in [2.45, 2.75) is 31.4 Å². The van der Waals surface area contributed by atoms with Crippen LogP contribution in [0.2, 0.25) is 0 Å². The van der Waals surface area contributed by atoms with Crippen LogP contribution in [-0.4, -0.2) is 45.6 Å². The van der Waals surface area contributed by atoms with Crippen LogP contribution in [0.4, 0.5) is 0 Å². The Morgan fingerprint density at radius 3 is 2.88 bits per heavy atom. The number of aliphatic hydroxyl groups excluding tert-OH is 1. The number of aliphatic hydroxyl groups is 1. The van der Waals surface area contributed by atoms with Crippen molar-refractivity contribution in [3.8, 4) is 11.8 Å². The molecule has 1 saturated heterocycles. The Kier molecular flexibility index (Phi) is 5.69. The van der Waals surface area contributed by atoms with Gasteiger partial charge in [0.1, 0.15) is 18.5 Å². The van der Waals surface area contributed by atoms with Gasteiger partial charge in [-0.25, -0.2) is 0 Å². The van der Waals surface area contributed by atoms with Gasteiger partial charge in [-0.1, -0.05) is 12.1 Å². The third kappa shape index (κ3) is 4.59. The second-order valence-corrected chi connectivity index (χ2v) is 6.54. The number of ether oxygens (including phenoxy) is 1. The standard InChI is InChI=1S/C19H24N4O2/c1-22-12-16(11-21-22)19-3-2-10-23(19)13-17(24)14-25-18-6-4-15(5-7-18)8-9-20/h4-7,11-12,17,19,24H,2-3,8,10,13-14H2,1H3. The summed E-state index contributed by atoms with van der Waals surface area (Å²) in [6.45, 7) is 1.83. The molecule has 1 aliphatic rings. The molecule has 6 nitrogen and oxygen atoms in total. The molecule has 25 heavy (non-hydrogen) atoms. The van der Waals surface area contributed by atoms with E-state index >= 15 is 0 Å². The minimum Gasteiger partial charge on any atom is -0.491 e. The summed E-state index contributed by atoms with van der Waals surface area (Å²) in [4.78, 5) is 2.31. The molecule has 1 aromatic carbocycles. The summed E-state index contributed by atoms with van der Waals surface area (Å²) in [6.07, 6.45) is 6.04. The third-order valence-corrected chi connectivity index (χ3v) is 4.57. The Bertz CT molecular complexity index is 720. The number of rotatable bonds is 7. The molecule has 3 rings (SSSR count). The molecule has 2 atom stereocenters. The molecule has 0 radical (unpaired) electrons. The van der Waals surface area contributed by atoms with Crippen LogP contribution in [0.5, 0.6) is 5.75 Å². The number of nitrogens with zero attached hydrogens (tertiary/aromatic N) is 4. The molecule has 2 heterocycles. The van der Waals surface area contributed by atoms with Crippen molar-refractivity contribution < 1.29 is 9.84 Å². The van der Waals surface area contributed by atoms with Crippen molar-refractivity contribution in [1.82, 2.24) is 14.7 Å². The number of benzene rings is 1. The summed E-state index contributed by atoms with van der Waals surface area (Å²) in [5, 5.41) is 23.3. The third-order valence-electron chi connectivity index (χ3n) is 4.57. The molecule has 2 aromatic rings. The van der Waals surface area contributed by atoms with E-state index in [0.29, 0.717) is 24.8 Å². The zero-order chi connectivity index (χ0) is 17.6. The van der Waals surface area contributed by atoms with E-state index in [9.17, 15) is 5.11 Å². The largest absolute Gasteiger partial charge is 0.491 e. The smallest absolute Gasteiger partial charge is 0.119 e. The molecule has 6 heteroatoms. The molecular weight excluding hydrogens is 316 g/mol. The van der Waals surface area contributed by atoms with E-state index in [2.05, 4.69) is 22.3 Å². The molecule has 1 N–H and O–H groups in total. The second-order valence-electron chi connectivity index (χ2n) is 6.54. The molecule has 2 unspecified atom stereocenters. The number of nitriles is 1. The quantitative estimate of drug-likeness (QED) is 0.835. The van der Waals surface area contributed by atoms with E-state index in [-0.39, 0.29) is 6.61 Å². The lowest BCUT2D eigenvalue weighted by molar-refractivity contribution is 0.0638. The first-order valence-corrected chi connectivity index (χ1v) is 8.65. The monoisotopic (exact) mass is 340 g/mol. The van der Waals surface area contributed by atoms with Crippen LogP contribution < -0.4 is 4.74 Å². The lowest BCUT2D eigenvalue weighted by Crippen LogP contribution is -2.35. The molecule has 132 valence electrons. The molecule has 1 aromatic heterocycles. The average Bonchev–Trinajstić information content (AvgIpc) is 3.23. The van der Waals surface area contributed by atoms with Crippen LogP contribution >= 0.6 is 0 Å². The van der Waals surface area contributed by atoms with Crippen LogP contribution in [0, 0.1) is 11.3 Å².